The van der Waals surface area contributed by atoms with Crippen LogP contribution in [0.4, 0.5) is 4.79 Å². The second-order valence-corrected chi connectivity index (χ2v) is 10.2. The molecule has 1 heterocycles. The molecule has 0 atom stereocenters. The van der Waals surface area contributed by atoms with Crippen molar-refractivity contribution in [2.75, 3.05) is 13.7 Å². The molecule has 1 fully saturated rings. The van der Waals surface area contributed by atoms with Crippen LogP contribution in [-0.4, -0.2) is 50.2 Å². The lowest BCUT2D eigenvalue weighted by molar-refractivity contribution is -0.149. The van der Waals surface area contributed by atoms with Gasteiger partial charge in [-0.25, -0.2) is 0 Å². The van der Waals surface area contributed by atoms with Crippen LogP contribution in [0.1, 0.15) is 19.4 Å². The Balaban J connectivity index is 1.80. The van der Waals surface area contributed by atoms with E-state index in [2.05, 4.69) is 0 Å². The Morgan fingerprint density at radius 1 is 1.12 bits per heavy atom. The number of rotatable bonds is 8. The van der Waals surface area contributed by atoms with Crippen LogP contribution in [0.15, 0.2) is 52.3 Å². The normalized spacial score (nSPS) is 15.2. The van der Waals surface area contributed by atoms with Gasteiger partial charge >= 0.3 is 16.1 Å². The maximum Gasteiger partial charge on any atom is 0.339 e. The van der Waals surface area contributed by atoms with Gasteiger partial charge in [0.15, 0.2) is 11.5 Å². The van der Waals surface area contributed by atoms with E-state index in [4.69, 9.17) is 25.3 Å². The number of imide groups is 1. The van der Waals surface area contributed by atoms with Gasteiger partial charge in [-0.05, 0) is 73.6 Å². The van der Waals surface area contributed by atoms with Crippen LogP contribution in [0.3, 0.4) is 0 Å². The fourth-order valence-corrected chi connectivity index (χ4v) is 4.73. The number of carbonyl (C=O) groups is 3. The molecule has 3 rings (SSSR count). The molecule has 0 aromatic heterocycles. The molecule has 1 aliphatic heterocycles. The summed E-state index contributed by atoms with van der Waals surface area (Å²) in [6.45, 7) is 2.83. The third-order valence-corrected chi connectivity index (χ3v) is 6.72. The van der Waals surface area contributed by atoms with Gasteiger partial charge in [0.2, 0.25) is 0 Å². The maximum atomic E-state index is 12.6. The molecule has 0 bridgehead atoms. The number of hydrogen-bond acceptors (Lipinski definition) is 9. The fourth-order valence-electron chi connectivity index (χ4n) is 2.83. The van der Waals surface area contributed by atoms with Gasteiger partial charge < -0.3 is 13.7 Å². The highest BCUT2D eigenvalue weighted by Gasteiger charge is 2.36. The van der Waals surface area contributed by atoms with Crippen LogP contribution in [0, 0.1) is 0 Å². The van der Waals surface area contributed by atoms with Crippen molar-refractivity contribution in [3.05, 3.63) is 58.0 Å². The molecule has 0 aliphatic carbocycles. The Morgan fingerprint density at radius 2 is 1.79 bits per heavy atom. The first-order valence-electron chi connectivity index (χ1n) is 9.83. The predicted molar refractivity (Wildman–Crippen MR) is 126 cm³/mol. The number of esters is 1. The summed E-state index contributed by atoms with van der Waals surface area (Å²) >= 11 is 6.47. The first-order chi connectivity index (χ1) is 16.0. The highest BCUT2D eigenvalue weighted by molar-refractivity contribution is 8.18. The predicted octanol–water partition coefficient (Wildman–Crippen LogP) is 4.10. The average molecular weight is 526 g/mol. The van der Waals surface area contributed by atoms with Crippen molar-refractivity contribution in [3.63, 3.8) is 0 Å². The molecule has 2 aromatic rings. The van der Waals surface area contributed by atoms with E-state index in [0.717, 1.165) is 4.90 Å². The summed E-state index contributed by atoms with van der Waals surface area (Å²) in [5, 5.41) is -0.222. The van der Waals surface area contributed by atoms with Crippen LogP contribution >= 0.6 is 23.4 Å². The van der Waals surface area contributed by atoms with E-state index >= 15 is 0 Å². The number of halogens is 1. The third kappa shape index (κ3) is 6.10. The summed E-state index contributed by atoms with van der Waals surface area (Å²) in [5.74, 6) is -1.31. The Labute approximate surface area is 205 Å². The highest BCUT2D eigenvalue weighted by atomic mass is 35.5. The fraction of sp³-hybridized carbons (Fsp3) is 0.227. The molecular formula is C22H20ClNO8S2. The zero-order valence-corrected chi connectivity index (χ0v) is 20.7. The summed E-state index contributed by atoms with van der Waals surface area (Å²) in [4.78, 5) is 37.4. The van der Waals surface area contributed by atoms with E-state index in [1.54, 1.807) is 13.8 Å². The molecule has 34 heavy (non-hydrogen) atoms. The third-order valence-electron chi connectivity index (χ3n) is 4.32. The van der Waals surface area contributed by atoms with Crippen molar-refractivity contribution < 1.29 is 36.5 Å². The van der Waals surface area contributed by atoms with Crippen molar-refractivity contribution in [2.45, 2.75) is 24.8 Å². The van der Waals surface area contributed by atoms with E-state index in [9.17, 15) is 22.8 Å². The molecule has 0 saturated carbocycles. The average Bonchev–Trinajstić information content (AvgIpc) is 3.01. The minimum Gasteiger partial charge on any atom is -0.493 e. The minimum atomic E-state index is -4.15. The summed E-state index contributed by atoms with van der Waals surface area (Å²) in [5.41, 5.74) is 0.448. The van der Waals surface area contributed by atoms with Gasteiger partial charge in [-0.15, -0.1) is 0 Å². The number of benzene rings is 2. The van der Waals surface area contributed by atoms with Crippen LogP contribution in [-0.2, 0) is 24.4 Å². The minimum absolute atomic E-state index is 0.0702. The summed E-state index contributed by atoms with van der Waals surface area (Å²) in [7, 11) is -2.82. The molecule has 9 nitrogen and oxygen atoms in total. The van der Waals surface area contributed by atoms with Gasteiger partial charge in [0, 0.05) is 5.02 Å². The Morgan fingerprint density at radius 3 is 2.41 bits per heavy atom. The van der Waals surface area contributed by atoms with Crippen LogP contribution in [0.5, 0.6) is 11.5 Å². The second-order valence-electron chi connectivity index (χ2n) is 7.21. The van der Waals surface area contributed by atoms with Gasteiger partial charge in [0.05, 0.1) is 18.1 Å². The topological polar surface area (TPSA) is 116 Å². The molecule has 180 valence electrons. The number of thioether (sulfide) groups is 1. The molecule has 12 heteroatoms. The molecule has 1 saturated heterocycles. The molecule has 2 aromatic carbocycles. The van der Waals surface area contributed by atoms with E-state index in [0.29, 0.717) is 22.3 Å². The Hall–Kier alpha value is -3.02. The number of carbonyl (C=O) groups excluding carboxylic acids is 3. The van der Waals surface area contributed by atoms with Crippen LogP contribution in [0.2, 0.25) is 5.02 Å². The number of amides is 2. The summed E-state index contributed by atoms with van der Waals surface area (Å²) < 4.78 is 40.5. The van der Waals surface area contributed by atoms with E-state index in [1.807, 2.05) is 0 Å². The molecule has 0 unspecified atom stereocenters. The molecular weight excluding hydrogens is 506 g/mol. The molecule has 0 spiro atoms. The number of methoxy groups -OCH3 is 1. The lowest BCUT2D eigenvalue weighted by atomic mass is 10.2. The lowest BCUT2D eigenvalue weighted by Crippen LogP contribution is -2.35. The van der Waals surface area contributed by atoms with Gasteiger partial charge in [-0.3, -0.25) is 19.3 Å². The van der Waals surface area contributed by atoms with Crippen molar-refractivity contribution >= 4 is 56.7 Å². The monoisotopic (exact) mass is 525 g/mol. The summed E-state index contributed by atoms with van der Waals surface area (Å²) in [6, 6.07) is 9.78. The zero-order chi connectivity index (χ0) is 25.0. The Kier molecular flexibility index (Phi) is 7.90. The smallest absolute Gasteiger partial charge is 0.339 e. The lowest BCUT2D eigenvalue weighted by Gasteiger charge is -2.13. The second kappa shape index (κ2) is 10.5. The zero-order valence-electron chi connectivity index (χ0n) is 18.3. The van der Waals surface area contributed by atoms with Gasteiger partial charge in [0.1, 0.15) is 11.4 Å². The quantitative estimate of drug-likeness (QED) is 0.285. The van der Waals surface area contributed by atoms with Crippen LogP contribution in [0.25, 0.3) is 6.08 Å². The standard InChI is InChI=1S/C22H20ClNO8S2/c1-13(2)31-20(25)12-24-21(26)19(33-22(24)27)11-14-4-9-17(18(10-14)30-3)32-34(28,29)16-7-5-15(23)6-8-16/h4-11,13H,12H2,1-3H3/b19-11-. The van der Waals surface area contributed by atoms with Gasteiger partial charge in [-0.1, -0.05) is 17.7 Å². The summed E-state index contributed by atoms with van der Waals surface area (Å²) in [6.07, 6.45) is 1.05. The van der Waals surface area contributed by atoms with E-state index in [-0.39, 0.29) is 27.4 Å². The van der Waals surface area contributed by atoms with Crippen molar-refractivity contribution in [1.29, 1.82) is 0 Å². The first kappa shape index (κ1) is 25.6. The van der Waals surface area contributed by atoms with Crippen molar-refractivity contribution in [2.24, 2.45) is 0 Å². The molecule has 0 radical (unpaired) electrons. The van der Waals surface area contributed by atoms with Gasteiger partial charge in [-0.2, -0.15) is 8.42 Å². The number of nitrogens with zero attached hydrogens (tertiary/aromatic N) is 1. The largest absolute Gasteiger partial charge is 0.493 e. The molecule has 2 amide bonds. The number of hydrogen-bond donors (Lipinski definition) is 0. The Bertz CT molecular complexity index is 1260. The van der Waals surface area contributed by atoms with Crippen molar-refractivity contribution in [1.82, 2.24) is 4.90 Å². The van der Waals surface area contributed by atoms with Gasteiger partial charge in [0.25, 0.3) is 11.1 Å². The first-order valence-corrected chi connectivity index (χ1v) is 12.4. The maximum absolute atomic E-state index is 12.6. The van der Waals surface area contributed by atoms with Crippen LogP contribution < -0.4 is 8.92 Å². The van der Waals surface area contributed by atoms with E-state index < -0.39 is 33.8 Å². The van der Waals surface area contributed by atoms with E-state index in [1.165, 1.54) is 55.7 Å². The SMILES string of the molecule is COc1cc(/C=C2\SC(=O)N(CC(=O)OC(C)C)C2=O)ccc1OS(=O)(=O)c1ccc(Cl)cc1. The highest BCUT2D eigenvalue weighted by Crippen LogP contribution is 2.35. The molecule has 1 aliphatic rings. The van der Waals surface area contributed by atoms with Crippen molar-refractivity contribution in [3.8, 4) is 11.5 Å². The molecule has 0 N–H and O–H groups in total. The number of ether oxygens (including phenoxy) is 2.